The van der Waals surface area contributed by atoms with Crippen LogP contribution in [0.1, 0.15) is 0 Å². The van der Waals surface area contributed by atoms with E-state index in [1.54, 1.807) is 32.4 Å². The van der Waals surface area contributed by atoms with E-state index in [0.717, 1.165) is 16.5 Å². The van der Waals surface area contributed by atoms with E-state index in [4.69, 9.17) is 9.47 Å². The third-order valence-electron chi connectivity index (χ3n) is 3.91. The molecule has 0 aliphatic carbocycles. The average molecular weight is 336 g/mol. The molecule has 0 heterocycles. The first kappa shape index (κ1) is 16.6. The topological polar surface area (TPSA) is 59.6 Å². The molecule has 1 amide bonds. The quantitative estimate of drug-likeness (QED) is 0.716. The normalized spacial score (nSPS) is 10.3. The molecule has 0 fully saturated rings. The van der Waals surface area contributed by atoms with E-state index in [2.05, 4.69) is 10.6 Å². The lowest BCUT2D eigenvalue weighted by Gasteiger charge is -2.13. The van der Waals surface area contributed by atoms with Crippen molar-refractivity contribution in [2.24, 2.45) is 0 Å². The highest BCUT2D eigenvalue weighted by Gasteiger charge is 2.09. The molecule has 0 radical (unpaired) electrons. The van der Waals surface area contributed by atoms with Crippen LogP contribution in [0, 0.1) is 0 Å². The molecule has 5 nitrogen and oxygen atoms in total. The predicted octanol–water partition coefficient (Wildman–Crippen LogP) is 3.91. The molecule has 25 heavy (non-hydrogen) atoms. The van der Waals surface area contributed by atoms with Gasteiger partial charge in [0.05, 0.1) is 26.5 Å². The molecular formula is C20H20N2O3. The molecule has 0 atom stereocenters. The fraction of sp³-hybridized carbons (Fsp3) is 0.150. The highest BCUT2D eigenvalue weighted by molar-refractivity contribution is 5.98. The zero-order chi connectivity index (χ0) is 17.6. The molecule has 0 aromatic heterocycles. The molecule has 3 aromatic carbocycles. The van der Waals surface area contributed by atoms with Gasteiger partial charge in [-0.3, -0.25) is 4.79 Å². The zero-order valence-electron chi connectivity index (χ0n) is 14.2. The fourth-order valence-electron chi connectivity index (χ4n) is 2.65. The molecule has 0 saturated carbocycles. The SMILES string of the molecule is COc1ccc(NC(=O)CNc2cccc3ccccc23)c(OC)c1. The minimum Gasteiger partial charge on any atom is -0.497 e. The number of hydrogen-bond donors (Lipinski definition) is 2. The molecule has 0 bridgehead atoms. The van der Waals surface area contributed by atoms with Crippen LogP contribution in [0.5, 0.6) is 11.5 Å². The summed E-state index contributed by atoms with van der Waals surface area (Å²) in [5.41, 5.74) is 1.53. The van der Waals surface area contributed by atoms with Gasteiger partial charge in [-0.25, -0.2) is 0 Å². The van der Waals surface area contributed by atoms with E-state index in [0.29, 0.717) is 17.2 Å². The van der Waals surface area contributed by atoms with Crippen molar-refractivity contribution >= 4 is 28.1 Å². The van der Waals surface area contributed by atoms with E-state index in [1.165, 1.54) is 0 Å². The molecule has 3 aromatic rings. The first-order valence-electron chi connectivity index (χ1n) is 7.95. The summed E-state index contributed by atoms with van der Waals surface area (Å²) in [5.74, 6) is 1.07. The molecule has 0 aliphatic rings. The Hall–Kier alpha value is -3.21. The second-order valence-corrected chi connectivity index (χ2v) is 5.49. The third kappa shape index (κ3) is 3.83. The van der Waals surface area contributed by atoms with Crippen LogP contribution in [-0.2, 0) is 4.79 Å². The van der Waals surface area contributed by atoms with Crippen LogP contribution in [-0.4, -0.2) is 26.7 Å². The maximum absolute atomic E-state index is 12.3. The van der Waals surface area contributed by atoms with E-state index >= 15 is 0 Å². The Bertz CT molecular complexity index is 888. The lowest BCUT2D eigenvalue weighted by atomic mass is 10.1. The molecule has 2 N–H and O–H groups in total. The number of benzene rings is 3. The minimum atomic E-state index is -0.156. The average Bonchev–Trinajstić information content (AvgIpc) is 2.66. The van der Waals surface area contributed by atoms with Crippen LogP contribution in [0.3, 0.4) is 0 Å². The molecule has 3 rings (SSSR count). The molecule has 128 valence electrons. The summed E-state index contributed by atoms with van der Waals surface area (Å²) in [5, 5.41) is 8.25. The second kappa shape index (κ2) is 7.57. The van der Waals surface area contributed by atoms with Gasteiger partial charge in [-0.05, 0) is 23.6 Å². The van der Waals surface area contributed by atoms with Crippen LogP contribution in [0.25, 0.3) is 10.8 Å². The van der Waals surface area contributed by atoms with Gasteiger partial charge in [0, 0.05) is 17.1 Å². The number of nitrogens with one attached hydrogen (secondary N) is 2. The van der Waals surface area contributed by atoms with Crippen LogP contribution in [0.4, 0.5) is 11.4 Å². The lowest BCUT2D eigenvalue weighted by Crippen LogP contribution is -2.22. The predicted molar refractivity (Wildman–Crippen MR) is 101 cm³/mol. The fourth-order valence-corrected chi connectivity index (χ4v) is 2.65. The summed E-state index contributed by atoms with van der Waals surface area (Å²) < 4.78 is 10.5. The van der Waals surface area contributed by atoms with Gasteiger partial charge < -0.3 is 20.1 Å². The minimum absolute atomic E-state index is 0.156. The molecular weight excluding hydrogens is 316 g/mol. The van der Waals surface area contributed by atoms with Crippen LogP contribution in [0.2, 0.25) is 0 Å². The van der Waals surface area contributed by atoms with Crippen molar-refractivity contribution in [3.05, 3.63) is 60.7 Å². The molecule has 0 saturated heterocycles. The van der Waals surface area contributed by atoms with Gasteiger partial charge in [-0.1, -0.05) is 36.4 Å². The van der Waals surface area contributed by atoms with Gasteiger partial charge in [0.25, 0.3) is 0 Å². The molecule has 5 heteroatoms. The maximum Gasteiger partial charge on any atom is 0.243 e. The zero-order valence-corrected chi connectivity index (χ0v) is 14.2. The highest BCUT2D eigenvalue weighted by atomic mass is 16.5. The van der Waals surface area contributed by atoms with Gasteiger partial charge >= 0.3 is 0 Å². The smallest absolute Gasteiger partial charge is 0.243 e. The summed E-state index contributed by atoms with van der Waals surface area (Å²) in [6.45, 7) is 0.156. The largest absolute Gasteiger partial charge is 0.497 e. The van der Waals surface area contributed by atoms with Crippen molar-refractivity contribution in [3.8, 4) is 11.5 Å². The van der Waals surface area contributed by atoms with Crippen LogP contribution in [0.15, 0.2) is 60.7 Å². The lowest BCUT2D eigenvalue weighted by molar-refractivity contribution is -0.114. The van der Waals surface area contributed by atoms with Gasteiger partial charge in [0.2, 0.25) is 5.91 Å². The number of carbonyl (C=O) groups excluding carboxylic acids is 1. The summed E-state index contributed by atoms with van der Waals surface area (Å²) >= 11 is 0. The van der Waals surface area contributed by atoms with Crippen molar-refractivity contribution in [2.45, 2.75) is 0 Å². The number of hydrogen-bond acceptors (Lipinski definition) is 4. The second-order valence-electron chi connectivity index (χ2n) is 5.49. The Morgan fingerprint density at radius 1 is 0.920 bits per heavy atom. The Morgan fingerprint density at radius 2 is 1.72 bits per heavy atom. The molecule has 0 unspecified atom stereocenters. The first-order chi connectivity index (χ1) is 12.2. The summed E-state index contributed by atoms with van der Waals surface area (Å²) in [6.07, 6.45) is 0. The van der Waals surface area contributed by atoms with Crippen molar-refractivity contribution < 1.29 is 14.3 Å². The first-order valence-corrected chi connectivity index (χ1v) is 7.95. The Labute approximate surface area is 146 Å². The standard InChI is InChI=1S/C20H20N2O3/c1-24-15-10-11-18(19(12-15)25-2)22-20(23)13-21-17-9-5-7-14-6-3-4-8-16(14)17/h3-12,21H,13H2,1-2H3,(H,22,23). The highest BCUT2D eigenvalue weighted by Crippen LogP contribution is 2.29. The van der Waals surface area contributed by atoms with E-state index in [1.807, 2.05) is 42.5 Å². The number of methoxy groups -OCH3 is 2. The molecule has 0 aliphatic heterocycles. The van der Waals surface area contributed by atoms with Gasteiger partial charge in [-0.15, -0.1) is 0 Å². The van der Waals surface area contributed by atoms with Gasteiger partial charge in [0.15, 0.2) is 0 Å². The third-order valence-corrected chi connectivity index (χ3v) is 3.91. The van der Waals surface area contributed by atoms with Crippen LogP contribution < -0.4 is 20.1 Å². The Morgan fingerprint density at radius 3 is 2.52 bits per heavy atom. The van der Waals surface area contributed by atoms with Crippen LogP contribution >= 0.6 is 0 Å². The number of anilines is 2. The number of rotatable bonds is 6. The monoisotopic (exact) mass is 336 g/mol. The number of amides is 1. The summed E-state index contributed by atoms with van der Waals surface area (Å²) in [4.78, 5) is 12.3. The van der Waals surface area contributed by atoms with Gasteiger partial charge in [-0.2, -0.15) is 0 Å². The van der Waals surface area contributed by atoms with E-state index < -0.39 is 0 Å². The van der Waals surface area contributed by atoms with Crippen molar-refractivity contribution in [1.82, 2.24) is 0 Å². The Kier molecular flexibility index (Phi) is 5.04. The Balaban J connectivity index is 1.69. The van der Waals surface area contributed by atoms with E-state index in [9.17, 15) is 4.79 Å². The molecule has 0 spiro atoms. The summed E-state index contributed by atoms with van der Waals surface area (Å²) in [6, 6.07) is 19.3. The van der Waals surface area contributed by atoms with Crippen molar-refractivity contribution in [3.63, 3.8) is 0 Å². The number of ether oxygens (including phenoxy) is 2. The maximum atomic E-state index is 12.3. The van der Waals surface area contributed by atoms with Gasteiger partial charge in [0.1, 0.15) is 11.5 Å². The van der Waals surface area contributed by atoms with Crippen molar-refractivity contribution in [2.75, 3.05) is 31.4 Å². The number of carbonyl (C=O) groups is 1. The summed E-state index contributed by atoms with van der Waals surface area (Å²) in [7, 11) is 3.14. The van der Waals surface area contributed by atoms with E-state index in [-0.39, 0.29) is 12.5 Å². The van der Waals surface area contributed by atoms with Crippen molar-refractivity contribution in [1.29, 1.82) is 0 Å². The number of fused-ring (bicyclic) bond motifs is 1.